The Hall–Kier alpha value is -2.61. The van der Waals surface area contributed by atoms with Gasteiger partial charge in [-0.1, -0.05) is 42.5 Å². The maximum atomic E-state index is 14.1. The van der Waals surface area contributed by atoms with Crippen LogP contribution in [0, 0.1) is 14.9 Å². The van der Waals surface area contributed by atoms with E-state index in [1.807, 2.05) is 30.3 Å². The van der Waals surface area contributed by atoms with Gasteiger partial charge in [0, 0.05) is 9.13 Å². The molecule has 0 aliphatic heterocycles. The molecule has 0 aliphatic carbocycles. The Morgan fingerprint density at radius 2 is 1.52 bits per heavy atom. The molecule has 0 atom stereocenters. The number of nitrogens with one attached hydrogen (secondary N) is 2. The lowest BCUT2D eigenvalue weighted by Gasteiger charge is -2.13. The summed E-state index contributed by atoms with van der Waals surface area (Å²) in [6, 6.07) is 21.2. The maximum Gasteiger partial charge on any atom is 0.148 e. The number of hydrogen-bond donors (Lipinski definition) is 2. The summed E-state index contributed by atoms with van der Waals surface area (Å²) in [7, 11) is 0. The van der Waals surface area contributed by atoms with Gasteiger partial charge in [-0.25, -0.2) is 14.9 Å². The zero-order valence-corrected chi connectivity index (χ0v) is 15.2. The molecule has 0 amide bonds. The van der Waals surface area contributed by atoms with Crippen molar-refractivity contribution in [3.8, 4) is 0 Å². The van der Waals surface area contributed by atoms with Crippen LogP contribution in [0.3, 0.4) is 0 Å². The molecule has 3 aromatic carbocycles. The fraction of sp³-hybridized carbons (Fsp3) is 0. The zero-order valence-electron chi connectivity index (χ0n) is 13.1. The van der Waals surface area contributed by atoms with E-state index in [0.29, 0.717) is 17.2 Å². The number of rotatable bonds is 4. The van der Waals surface area contributed by atoms with E-state index in [1.54, 1.807) is 36.4 Å². The van der Waals surface area contributed by atoms with E-state index >= 15 is 0 Å². The first-order chi connectivity index (χ1) is 12.2. The zero-order chi connectivity index (χ0) is 17.6. The molecule has 4 nitrogen and oxygen atoms in total. The van der Waals surface area contributed by atoms with Gasteiger partial charge in [0.2, 0.25) is 0 Å². The molecular weight excluding hydrogens is 430 g/mol. The minimum atomic E-state index is -0.397. The fourth-order valence-electron chi connectivity index (χ4n) is 2.28. The third-order valence-electron chi connectivity index (χ3n) is 3.49. The average molecular weight is 444 g/mol. The van der Waals surface area contributed by atoms with Crippen molar-refractivity contribution in [2.45, 2.75) is 0 Å². The predicted octanol–water partition coefficient (Wildman–Crippen LogP) is 6.28. The molecule has 3 aromatic rings. The Labute approximate surface area is 158 Å². The van der Waals surface area contributed by atoms with Crippen molar-refractivity contribution in [1.29, 1.82) is 5.53 Å². The van der Waals surface area contributed by atoms with E-state index in [1.165, 1.54) is 6.07 Å². The lowest BCUT2D eigenvalue weighted by molar-refractivity contribution is 0.630. The molecule has 0 unspecified atom stereocenters. The molecule has 0 aliphatic rings. The fourth-order valence-corrected chi connectivity index (χ4v) is 2.92. The molecule has 25 heavy (non-hydrogen) atoms. The first-order valence-electron chi connectivity index (χ1n) is 7.50. The van der Waals surface area contributed by atoms with Crippen LogP contribution in [-0.4, -0.2) is 5.84 Å². The summed E-state index contributed by atoms with van der Waals surface area (Å²) in [4.78, 5) is 4.48. The molecule has 0 fully saturated rings. The van der Waals surface area contributed by atoms with Crippen LogP contribution in [0.4, 0.5) is 21.5 Å². The van der Waals surface area contributed by atoms with E-state index in [0.717, 1.165) is 9.13 Å². The molecule has 0 bridgehead atoms. The van der Waals surface area contributed by atoms with Gasteiger partial charge in [-0.05, 0) is 52.9 Å². The summed E-state index contributed by atoms with van der Waals surface area (Å²) in [5, 5.41) is 6.72. The molecule has 0 radical (unpaired) electrons. The summed E-state index contributed by atoms with van der Waals surface area (Å²) in [6.45, 7) is 0. The summed E-state index contributed by atoms with van der Waals surface area (Å²) >= 11 is 2.21. The number of para-hydroxylation sites is 3. The van der Waals surface area contributed by atoms with Crippen LogP contribution in [0.1, 0.15) is 5.56 Å². The minimum Gasteiger partial charge on any atom is -0.338 e. The molecular formula is C19H14FIN4. The van der Waals surface area contributed by atoms with Gasteiger partial charge in [-0.2, -0.15) is 5.11 Å². The first kappa shape index (κ1) is 17.2. The van der Waals surface area contributed by atoms with Gasteiger partial charge in [0.15, 0.2) is 0 Å². The van der Waals surface area contributed by atoms with Crippen LogP contribution < -0.4 is 5.32 Å². The number of aliphatic imine (C=N–C) groups is 1. The second kappa shape index (κ2) is 7.98. The van der Waals surface area contributed by atoms with Crippen molar-refractivity contribution in [2.24, 2.45) is 10.1 Å². The number of nitrogens with zero attached hydrogens (tertiary/aromatic N) is 2. The third kappa shape index (κ3) is 4.08. The number of amidine groups is 1. The van der Waals surface area contributed by atoms with Gasteiger partial charge >= 0.3 is 0 Å². The highest BCUT2D eigenvalue weighted by Gasteiger charge is 2.11. The highest BCUT2D eigenvalue weighted by atomic mass is 127. The standard InChI is InChI=1S/C19H14FIN4/c20-14-8-2-4-10-16(14)23-19(13-7-1-3-9-15(13)21)24-17-11-5-6-12-18(17)25-22/h1-12,22H,(H,23,24). The lowest BCUT2D eigenvalue weighted by atomic mass is 10.2. The molecule has 3 rings (SSSR count). The third-order valence-corrected chi connectivity index (χ3v) is 4.43. The molecule has 0 heterocycles. The topological polar surface area (TPSA) is 60.6 Å². The molecule has 2 N–H and O–H groups in total. The van der Waals surface area contributed by atoms with Crippen molar-refractivity contribution in [2.75, 3.05) is 5.32 Å². The summed E-state index contributed by atoms with van der Waals surface area (Å²) in [6.07, 6.45) is 0. The Kier molecular flexibility index (Phi) is 5.49. The van der Waals surface area contributed by atoms with Crippen molar-refractivity contribution in [3.63, 3.8) is 0 Å². The Morgan fingerprint density at radius 3 is 2.24 bits per heavy atom. The summed E-state index contributed by atoms with van der Waals surface area (Å²) < 4.78 is 15.0. The lowest BCUT2D eigenvalue weighted by Crippen LogP contribution is -2.15. The van der Waals surface area contributed by atoms with E-state index in [-0.39, 0.29) is 5.69 Å². The molecule has 0 aromatic heterocycles. The van der Waals surface area contributed by atoms with Crippen LogP contribution >= 0.6 is 22.6 Å². The van der Waals surface area contributed by atoms with Gasteiger partial charge in [-0.3, -0.25) is 0 Å². The largest absolute Gasteiger partial charge is 0.338 e. The van der Waals surface area contributed by atoms with Crippen LogP contribution in [0.2, 0.25) is 0 Å². The quantitative estimate of drug-likeness (QED) is 0.212. The number of anilines is 1. The van der Waals surface area contributed by atoms with Crippen molar-refractivity contribution in [3.05, 3.63) is 87.7 Å². The number of hydrogen-bond acceptors (Lipinski definition) is 3. The smallest absolute Gasteiger partial charge is 0.148 e. The highest BCUT2D eigenvalue weighted by Crippen LogP contribution is 2.27. The van der Waals surface area contributed by atoms with Crippen molar-refractivity contribution < 1.29 is 4.39 Å². The van der Waals surface area contributed by atoms with Crippen LogP contribution in [0.15, 0.2) is 82.9 Å². The second-order valence-corrected chi connectivity index (χ2v) is 6.31. The number of benzene rings is 3. The van der Waals surface area contributed by atoms with Gasteiger partial charge in [0.05, 0.1) is 5.69 Å². The monoisotopic (exact) mass is 444 g/mol. The first-order valence-corrected chi connectivity index (χ1v) is 8.58. The van der Waals surface area contributed by atoms with Gasteiger partial charge < -0.3 is 5.32 Å². The van der Waals surface area contributed by atoms with E-state index in [2.05, 4.69) is 38.0 Å². The van der Waals surface area contributed by atoms with Crippen molar-refractivity contribution in [1.82, 2.24) is 0 Å². The van der Waals surface area contributed by atoms with Gasteiger partial charge in [-0.15, -0.1) is 0 Å². The second-order valence-electron chi connectivity index (χ2n) is 5.15. The summed E-state index contributed by atoms with van der Waals surface area (Å²) in [5.74, 6) is 0.0948. The van der Waals surface area contributed by atoms with Crippen LogP contribution in [0.5, 0.6) is 0 Å². The van der Waals surface area contributed by atoms with Crippen LogP contribution in [0.25, 0.3) is 0 Å². The van der Waals surface area contributed by atoms with E-state index in [9.17, 15) is 4.39 Å². The highest BCUT2D eigenvalue weighted by molar-refractivity contribution is 14.1. The number of halogens is 2. The van der Waals surface area contributed by atoms with E-state index < -0.39 is 5.82 Å². The van der Waals surface area contributed by atoms with Crippen molar-refractivity contribution >= 4 is 45.5 Å². The van der Waals surface area contributed by atoms with Gasteiger partial charge in [0.25, 0.3) is 0 Å². The molecule has 6 heteroatoms. The molecule has 124 valence electrons. The maximum absolute atomic E-state index is 14.1. The molecule has 0 saturated carbocycles. The summed E-state index contributed by atoms with van der Waals surface area (Å²) in [5.41, 5.74) is 9.51. The van der Waals surface area contributed by atoms with Crippen LogP contribution in [-0.2, 0) is 0 Å². The molecule has 0 saturated heterocycles. The minimum absolute atomic E-state index is 0.241. The Bertz CT molecular complexity index is 940. The normalized spacial score (nSPS) is 11.2. The Morgan fingerprint density at radius 1 is 0.880 bits per heavy atom. The molecule has 0 spiro atoms. The van der Waals surface area contributed by atoms with E-state index in [4.69, 9.17) is 5.53 Å². The SMILES string of the molecule is N=Nc1ccccc1NC(=Nc1ccccc1F)c1ccccc1I. The Balaban J connectivity index is 2.11. The average Bonchev–Trinajstić information content (AvgIpc) is 2.64. The van der Waals surface area contributed by atoms with Gasteiger partial charge in [0.1, 0.15) is 23.0 Å². The predicted molar refractivity (Wildman–Crippen MR) is 107 cm³/mol.